The van der Waals surface area contributed by atoms with Gasteiger partial charge in [0.15, 0.2) is 0 Å². The Morgan fingerprint density at radius 1 is 1.11 bits per heavy atom. The number of amides is 1. The number of hydrogen-bond donors (Lipinski definition) is 4. The van der Waals surface area contributed by atoms with E-state index >= 15 is 0 Å². The lowest BCUT2D eigenvalue weighted by atomic mass is 10.1. The fourth-order valence-electron chi connectivity index (χ4n) is 2.66. The van der Waals surface area contributed by atoms with Crippen molar-refractivity contribution in [1.29, 1.82) is 0 Å². The average Bonchev–Trinajstić information content (AvgIpc) is 3.28. The van der Waals surface area contributed by atoms with Gasteiger partial charge < -0.3 is 15.8 Å². The molecule has 0 radical (unpaired) electrons. The first-order valence-electron chi connectivity index (χ1n) is 7.77. The molecule has 3 aromatic rings. The molecule has 4 rings (SSSR count). The molecule has 1 aliphatic heterocycles. The largest absolute Gasteiger partial charge is 0.478 e. The van der Waals surface area contributed by atoms with E-state index in [0.29, 0.717) is 15.5 Å². The normalized spacial score (nSPS) is 12.3. The molecule has 0 fully saturated rings. The highest BCUT2D eigenvalue weighted by Crippen LogP contribution is 2.37. The Labute approximate surface area is 167 Å². The summed E-state index contributed by atoms with van der Waals surface area (Å²) in [6.07, 6.45) is 0. The van der Waals surface area contributed by atoms with Crippen molar-refractivity contribution in [3.05, 3.63) is 64.0 Å². The Morgan fingerprint density at radius 2 is 1.89 bits per heavy atom. The molecule has 27 heavy (non-hydrogen) atoms. The molecule has 4 N–H and O–H groups in total. The summed E-state index contributed by atoms with van der Waals surface area (Å²) in [5.41, 5.74) is 5.24. The second-order valence-corrected chi connectivity index (χ2v) is 7.82. The van der Waals surface area contributed by atoms with E-state index in [1.54, 1.807) is 41.8 Å². The number of rotatable bonds is 4. The summed E-state index contributed by atoms with van der Waals surface area (Å²) in [5.74, 6) is -1.48. The highest BCUT2D eigenvalue weighted by Gasteiger charge is 2.22. The molecule has 0 atom stereocenters. The average molecular weight is 418 g/mol. The zero-order chi connectivity index (χ0) is 19.0. The van der Waals surface area contributed by atoms with Gasteiger partial charge in [-0.05, 0) is 47.8 Å². The number of aromatic carboxylic acids is 1. The van der Waals surface area contributed by atoms with Gasteiger partial charge in [0.25, 0.3) is 5.91 Å². The van der Waals surface area contributed by atoms with Crippen molar-refractivity contribution in [3.63, 3.8) is 0 Å². The third-order valence-electron chi connectivity index (χ3n) is 3.95. The van der Waals surface area contributed by atoms with Crippen LogP contribution in [0.2, 0.25) is 5.02 Å². The van der Waals surface area contributed by atoms with Crippen LogP contribution in [-0.4, -0.2) is 17.0 Å². The van der Waals surface area contributed by atoms with Crippen LogP contribution >= 0.6 is 34.9 Å². The highest BCUT2D eigenvalue weighted by atomic mass is 35.5. The lowest BCUT2D eigenvalue weighted by molar-refractivity contribution is 0.0699. The molecule has 136 valence electrons. The number of carbonyl (C=O) groups is 2. The minimum absolute atomic E-state index is 0.0622. The molecule has 2 heterocycles. The molecule has 0 aliphatic carbocycles. The maximum Gasteiger partial charge on any atom is 0.339 e. The molecule has 6 nitrogen and oxygen atoms in total. The van der Waals surface area contributed by atoms with Crippen LogP contribution in [-0.2, 0) is 0 Å². The van der Waals surface area contributed by atoms with Gasteiger partial charge in [0.05, 0.1) is 16.3 Å². The van der Waals surface area contributed by atoms with E-state index < -0.39 is 5.97 Å². The number of benzene rings is 2. The molecule has 9 heteroatoms. The second-order valence-electron chi connectivity index (χ2n) is 5.66. The van der Waals surface area contributed by atoms with Crippen molar-refractivity contribution < 1.29 is 14.7 Å². The van der Waals surface area contributed by atoms with Gasteiger partial charge in [0.1, 0.15) is 5.56 Å². The molecule has 0 bridgehead atoms. The number of carbonyl (C=O) groups excluding carboxylic acids is 1. The fraction of sp³-hybridized carbons (Fsp3) is 0. The van der Waals surface area contributed by atoms with Gasteiger partial charge in [-0.15, -0.1) is 11.3 Å². The van der Waals surface area contributed by atoms with Gasteiger partial charge in [0, 0.05) is 20.9 Å². The van der Waals surface area contributed by atoms with E-state index in [9.17, 15) is 14.7 Å². The first-order valence-corrected chi connectivity index (χ1v) is 9.84. The predicted octanol–water partition coefficient (Wildman–Crippen LogP) is 4.96. The SMILES string of the molecule is O=C(Nc1csc(-c2ccc(Cl)cc2)c1C(=O)O)c1ccc2c(c1)NNS2. The summed E-state index contributed by atoms with van der Waals surface area (Å²) in [7, 11) is 0. The number of hydrazine groups is 1. The summed E-state index contributed by atoms with van der Waals surface area (Å²) < 4.78 is 0. The maximum atomic E-state index is 12.6. The number of thiophene rings is 1. The zero-order valence-electron chi connectivity index (χ0n) is 13.6. The van der Waals surface area contributed by atoms with Crippen LogP contribution in [0.4, 0.5) is 11.4 Å². The van der Waals surface area contributed by atoms with Crippen LogP contribution in [0, 0.1) is 0 Å². The molecule has 0 spiro atoms. The summed E-state index contributed by atoms with van der Waals surface area (Å²) in [5, 5.41) is 14.6. The monoisotopic (exact) mass is 417 g/mol. The minimum Gasteiger partial charge on any atom is -0.478 e. The Balaban J connectivity index is 1.65. The Bertz CT molecular complexity index is 1050. The maximum absolute atomic E-state index is 12.6. The smallest absolute Gasteiger partial charge is 0.339 e. The van der Waals surface area contributed by atoms with Gasteiger partial charge in [-0.3, -0.25) is 4.79 Å². The quantitative estimate of drug-likeness (QED) is 0.449. The van der Waals surface area contributed by atoms with Crippen molar-refractivity contribution in [2.24, 2.45) is 0 Å². The number of carboxylic acid groups (broad SMARTS) is 1. The molecule has 1 aromatic heterocycles. The lowest BCUT2D eigenvalue weighted by Gasteiger charge is -2.07. The number of fused-ring (bicyclic) bond motifs is 1. The van der Waals surface area contributed by atoms with Gasteiger partial charge in [0.2, 0.25) is 0 Å². The summed E-state index contributed by atoms with van der Waals surface area (Å²) in [6, 6.07) is 12.1. The minimum atomic E-state index is -1.10. The van der Waals surface area contributed by atoms with Gasteiger partial charge in [-0.1, -0.05) is 23.7 Å². The van der Waals surface area contributed by atoms with Gasteiger partial charge in [-0.2, -0.15) is 4.83 Å². The van der Waals surface area contributed by atoms with E-state index in [0.717, 1.165) is 16.1 Å². The third-order valence-corrected chi connectivity index (χ3v) is 6.01. The molecule has 0 saturated heterocycles. The number of carboxylic acids is 1. The van der Waals surface area contributed by atoms with Crippen molar-refractivity contribution in [2.75, 3.05) is 10.7 Å². The first-order chi connectivity index (χ1) is 13.0. The third kappa shape index (κ3) is 3.52. The van der Waals surface area contributed by atoms with E-state index in [2.05, 4.69) is 15.6 Å². The standard InChI is InChI=1S/C18H12ClN3O3S2/c19-11-4-1-9(2-5-11)16-15(18(24)25)13(8-26-16)20-17(23)10-3-6-14-12(7-10)21-22-27-14/h1-8,21-22H,(H,20,23)(H,24,25). The molecule has 0 saturated carbocycles. The second kappa shape index (κ2) is 7.24. The summed E-state index contributed by atoms with van der Waals surface area (Å²) in [6.45, 7) is 0. The van der Waals surface area contributed by atoms with E-state index in [1.165, 1.54) is 23.3 Å². The van der Waals surface area contributed by atoms with E-state index in [-0.39, 0.29) is 17.2 Å². The number of nitrogens with one attached hydrogen (secondary N) is 3. The van der Waals surface area contributed by atoms with Crippen LogP contribution in [0.15, 0.2) is 52.7 Å². The van der Waals surface area contributed by atoms with Gasteiger partial charge in [-0.25, -0.2) is 4.79 Å². The van der Waals surface area contributed by atoms with Crippen LogP contribution in [0.1, 0.15) is 20.7 Å². The number of hydrogen-bond acceptors (Lipinski definition) is 6. The number of halogens is 1. The Kier molecular flexibility index (Phi) is 4.79. The summed E-state index contributed by atoms with van der Waals surface area (Å²) in [4.78, 5) is 28.9. The van der Waals surface area contributed by atoms with Crippen molar-refractivity contribution in [3.8, 4) is 10.4 Å². The van der Waals surface area contributed by atoms with E-state index in [4.69, 9.17) is 11.6 Å². The van der Waals surface area contributed by atoms with Crippen LogP contribution in [0.25, 0.3) is 10.4 Å². The molecule has 1 amide bonds. The topological polar surface area (TPSA) is 90.5 Å². The summed E-state index contributed by atoms with van der Waals surface area (Å²) >= 11 is 8.58. The fourth-order valence-corrected chi connectivity index (χ4v) is 4.42. The van der Waals surface area contributed by atoms with E-state index in [1.807, 2.05) is 6.07 Å². The van der Waals surface area contributed by atoms with Crippen LogP contribution < -0.4 is 15.6 Å². The molecule has 2 aromatic carbocycles. The molecule has 1 aliphatic rings. The zero-order valence-corrected chi connectivity index (χ0v) is 16.0. The van der Waals surface area contributed by atoms with Gasteiger partial charge >= 0.3 is 5.97 Å². The molecular formula is C18H12ClN3O3S2. The molecular weight excluding hydrogens is 406 g/mol. The highest BCUT2D eigenvalue weighted by molar-refractivity contribution is 7.98. The number of anilines is 2. The lowest BCUT2D eigenvalue weighted by Crippen LogP contribution is -2.14. The Morgan fingerprint density at radius 3 is 2.63 bits per heavy atom. The molecule has 0 unspecified atom stereocenters. The van der Waals surface area contributed by atoms with Crippen molar-refractivity contribution in [2.45, 2.75) is 4.90 Å². The Hall–Kier alpha value is -2.52. The predicted molar refractivity (Wildman–Crippen MR) is 109 cm³/mol. The first kappa shape index (κ1) is 17.9. The van der Waals surface area contributed by atoms with Crippen LogP contribution in [0.5, 0.6) is 0 Å². The van der Waals surface area contributed by atoms with Crippen molar-refractivity contribution >= 4 is 58.1 Å². The van der Waals surface area contributed by atoms with Crippen LogP contribution in [0.3, 0.4) is 0 Å². The van der Waals surface area contributed by atoms with Crippen molar-refractivity contribution in [1.82, 2.24) is 4.83 Å².